The van der Waals surface area contributed by atoms with Gasteiger partial charge in [-0.25, -0.2) is 9.37 Å². The number of hydrogen-bond acceptors (Lipinski definition) is 6. The fourth-order valence-electron chi connectivity index (χ4n) is 3.82. The molecule has 3 heterocycles. The lowest BCUT2D eigenvalue weighted by atomic mass is 10.2. The summed E-state index contributed by atoms with van der Waals surface area (Å²) >= 11 is 0. The van der Waals surface area contributed by atoms with Crippen LogP contribution >= 0.6 is 0 Å². The van der Waals surface area contributed by atoms with Crippen molar-refractivity contribution in [2.24, 2.45) is 13.0 Å². The number of nitrogens with one attached hydrogen (secondary N) is 3. The van der Waals surface area contributed by atoms with Crippen molar-refractivity contribution in [2.75, 3.05) is 18.4 Å². The molecule has 0 bridgehead atoms. The van der Waals surface area contributed by atoms with E-state index in [9.17, 15) is 18.8 Å². The minimum absolute atomic E-state index is 0.0227. The lowest BCUT2D eigenvalue weighted by Gasteiger charge is -2.07. The zero-order valence-corrected chi connectivity index (χ0v) is 20.1. The van der Waals surface area contributed by atoms with Crippen LogP contribution in [0.4, 0.5) is 10.1 Å². The number of pyridine rings is 1. The molecule has 1 aliphatic carbocycles. The second-order valence-electron chi connectivity index (χ2n) is 8.90. The Hall–Kier alpha value is -4.61. The van der Waals surface area contributed by atoms with Crippen molar-refractivity contribution in [3.8, 4) is 11.3 Å². The van der Waals surface area contributed by atoms with Gasteiger partial charge in [0.05, 0.1) is 23.1 Å². The standard InChI is InChI=1S/C25H25FN8O3/c1-33-12-17(11-29-33)19-3-2-4-20(30-19)25(37)31-22-9-16-13-34(32-21(16)10-18(22)26)14-23(35)27-7-8-28-24(36)15-5-6-15/h2-4,9-13,15H,5-8,14H2,1H3,(H,27,35)(H,28,36)(H,31,37). The van der Waals surface area contributed by atoms with Crippen LogP contribution in [0.15, 0.2) is 48.9 Å². The fourth-order valence-corrected chi connectivity index (χ4v) is 3.82. The molecule has 0 saturated heterocycles. The van der Waals surface area contributed by atoms with E-state index < -0.39 is 11.7 Å². The Labute approximate surface area is 211 Å². The van der Waals surface area contributed by atoms with Crippen molar-refractivity contribution < 1.29 is 18.8 Å². The van der Waals surface area contributed by atoms with Gasteiger partial charge < -0.3 is 16.0 Å². The summed E-state index contributed by atoms with van der Waals surface area (Å²) in [6, 6.07) is 7.66. The van der Waals surface area contributed by atoms with Gasteiger partial charge in [-0.15, -0.1) is 0 Å². The number of carbonyl (C=O) groups excluding carboxylic acids is 3. The van der Waals surface area contributed by atoms with Gasteiger partial charge in [0.1, 0.15) is 18.1 Å². The lowest BCUT2D eigenvalue weighted by molar-refractivity contribution is -0.123. The monoisotopic (exact) mass is 504 g/mol. The van der Waals surface area contributed by atoms with Crippen molar-refractivity contribution in [1.29, 1.82) is 0 Å². The molecule has 1 aliphatic rings. The number of anilines is 1. The smallest absolute Gasteiger partial charge is 0.274 e. The Balaban J connectivity index is 1.21. The van der Waals surface area contributed by atoms with Gasteiger partial charge in [0.15, 0.2) is 0 Å². The van der Waals surface area contributed by atoms with E-state index in [-0.39, 0.29) is 35.7 Å². The van der Waals surface area contributed by atoms with E-state index in [0.717, 1.165) is 18.4 Å². The zero-order valence-electron chi connectivity index (χ0n) is 20.1. The maximum atomic E-state index is 14.7. The number of aryl methyl sites for hydroxylation is 1. The van der Waals surface area contributed by atoms with Crippen molar-refractivity contribution >= 4 is 34.3 Å². The summed E-state index contributed by atoms with van der Waals surface area (Å²) in [7, 11) is 1.78. The predicted octanol–water partition coefficient (Wildman–Crippen LogP) is 1.87. The highest BCUT2D eigenvalue weighted by Crippen LogP contribution is 2.28. The zero-order chi connectivity index (χ0) is 25.9. The van der Waals surface area contributed by atoms with Crippen molar-refractivity contribution in [2.45, 2.75) is 19.4 Å². The first-order chi connectivity index (χ1) is 17.9. The Morgan fingerprint density at radius 3 is 2.68 bits per heavy atom. The number of benzene rings is 1. The van der Waals surface area contributed by atoms with Crippen LogP contribution in [0.1, 0.15) is 23.3 Å². The van der Waals surface area contributed by atoms with Crippen LogP contribution in [-0.2, 0) is 23.2 Å². The molecule has 1 aromatic carbocycles. The first-order valence-electron chi connectivity index (χ1n) is 11.8. The molecule has 3 amide bonds. The molecule has 3 N–H and O–H groups in total. The molecular formula is C25H25FN8O3. The summed E-state index contributed by atoms with van der Waals surface area (Å²) in [5.41, 5.74) is 1.77. The predicted molar refractivity (Wildman–Crippen MR) is 133 cm³/mol. The molecule has 37 heavy (non-hydrogen) atoms. The first-order valence-corrected chi connectivity index (χ1v) is 11.8. The maximum absolute atomic E-state index is 14.7. The van der Waals surface area contributed by atoms with Crippen LogP contribution in [0.2, 0.25) is 0 Å². The van der Waals surface area contributed by atoms with E-state index >= 15 is 0 Å². The average molecular weight is 505 g/mol. The molecular weight excluding hydrogens is 479 g/mol. The normalized spacial score (nSPS) is 12.9. The number of aromatic nitrogens is 5. The van der Waals surface area contributed by atoms with Crippen molar-refractivity contribution in [1.82, 2.24) is 35.2 Å². The summed E-state index contributed by atoms with van der Waals surface area (Å²) in [4.78, 5) is 41.0. The molecule has 12 heteroatoms. The summed E-state index contributed by atoms with van der Waals surface area (Å²) < 4.78 is 17.8. The van der Waals surface area contributed by atoms with Gasteiger partial charge in [-0.2, -0.15) is 10.2 Å². The Morgan fingerprint density at radius 2 is 1.92 bits per heavy atom. The van der Waals surface area contributed by atoms with E-state index in [4.69, 9.17) is 0 Å². The van der Waals surface area contributed by atoms with Gasteiger partial charge in [-0.3, -0.25) is 23.7 Å². The number of amides is 3. The summed E-state index contributed by atoms with van der Waals surface area (Å²) in [6.45, 7) is 0.592. The van der Waals surface area contributed by atoms with Gasteiger partial charge in [0.25, 0.3) is 5.91 Å². The lowest BCUT2D eigenvalue weighted by Crippen LogP contribution is -2.36. The number of halogens is 1. The molecule has 3 aromatic heterocycles. The van der Waals surface area contributed by atoms with E-state index in [1.54, 1.807) is 48.5 Å². The second kappa shape index (κ2) is 10.2. The maximum Gasteiger partial charge on any atom is 0.274 e. The van der Waals surface area contributed by atoms with Gasteiger partial charge in [0, 0.05) is 55.5 Å². The Bertz CT molecular complexity index is 1490. The molecule has 0 radical (unpaired) electrons. The molecule has 0 unspecified atom stereocenters. The van der Waals surface area contributed by atoms with Crippen molar-refractivity contribution in [3.63, 3.8) is 0 Å². The highest BCUT2D eigenvalue weighted by atomic mass is 19.1. The summed E-state index contributed by atoms with van der Waals surface area (Å²) in [6.07, 6.45) is 6.87. The molecule has 11 nitrogen and oxygen atoms in total. The van der Waals surface area contributed by atoms with Gasteiger partial charge in [0.2, 0.25) is 11.8 Å². The molecule has 190 valence electrons. The van der Waals surface area contributed by atoms with E-state index in [2.05, 4.69) is 31.1 Å². The Morgan fingerprint density at radius 1 is 1.11 bits per heavy atom. The average Bonchev–Trinajstić information content (AvgIpc) is 3.53. The number of nitrogens with zero attached hydrogens (tertiary/aromatic N) is 5. The summed E-state index contributed by atoms with van der Waals surface area (Å²) in [5.74, 6) is -1.37. The van der Waals surface area contributed by atoms with Gasteiger partial charge >= 0.3 is 0 Å². The van der Waals surface area contributed by atoms with Crippen LogP contribution < -0.4 is 16.0 Å². The third-order valence-corrected chi connectivity index (χ3v) is 5.87. The third-order valence-electron chi connectivity index (χ3n) is 5.87. The van der Waals surface area contributed by atoms with Gasteiger partial charge in [-0.05, 0) is 31.0 Å². The van der Waals surface area contributed by atoms with E-state index in [0.29, 0.717) is 29.7 Å². The molecule has 1 saturated carbocycles. The molecule has 0 spiro atoms. The topological polar surface area (TPSA) is 136 Å². The first kappa shape index (κ1) is 24.1. The van der Waals surface area contributed by atoms with E-state index in [1.807, 2.05) is 0 Å². The fraction of sp³-hybridized carbons (Fsp3) is 0.280. The largest absolute Gasteiger partial charge is 0.354 e. The minimum atomic E-state index is -0.662. The van der Waals surface area contributed by atoms with Crippen LogP contribution in [-0.4, -0.2) is 55.4 Å². The number of rotatable bonds is 9. The number of fused-ring (bicyclic) bond motifs is 1. The minimum Gasteiger partial charge on any atom is -0.354 e. The number of hydrogen-bond donors (Lipinski definition) is 3. The second-order valence-corrected chi connectivity index (χ2v) is 8.90. The van der Waals surface area contributed by atoms with Crippen LogP contribution in [0.5, 0.6) is 0 Å². The third kappa shape index (κ3) is 5.80. The van der Waals surface area contributed by atoms with E-state index in [1.165, 1.54) is 16.8 Å². The molecule has 5 rings (SSSR count). The van der Waals surface area contributed by atoms with Gasteiger partial charge in [-0.1, -0.05) is 6.07 Å². The summed E-state index contributed by atoms with van der Waals surface area (Å²) in [5, 5.41) is 17.0. The highest BCUT2D eigenvalue weighted by molar-refractivity contribution is 6.04. The van der Waals surface area contributed by atoms with Crippen LogP contribution in [0.25, 0.3) is 22.2 Å². The SMILES string of the molecule is Cn1cc(-c2cccc(C(=O)Nc3cc4cn(CC(=O)NCCNC(=O)C5CC5)nc4cc3F)n2)cn1. The van der Waals surface area contributed by atoms with Crippen LogP contribution in [0.3, 0.4) is 0 Å². The molecule has 0 aliphatic heterocycles. The van der Waals surface area contributed by atoms with Crippen LogP contribution in [0, 0.1) is 11.7 Å². The quantitative estimate of drug-likeness (QED) is 0.298. The Kier molecular flexibility index (Phi) is 6.62. The molecule has 0 atom stereocenters. The highest BCUT2D eigenvalue weighted by Gasteiger charge is 2.29. The number of carbonyl (C=O) groups is 3. The van der Waals surface area contributed by atoms with Crippen molar-refractivity contribution in [3.05, 3.63) is 60.4 Å². The molecule has 1 fully saturated rings. The molecule has 4 aromatic rings.